The molecule has 0 aliphatic carbocycles. The number of hydrogen-bond acceptors (Lipinski definition) is 4. The third-order valence-electron chi connectivity index (χ3n) is 4.29. The van der Waals surface area contributed by atoms with Crippen LogP contribution in [0.4, 0.5) is 0 Å². The van der Waals surface area contributed by atoms with Crippen LogP contribution in [0.2, 0.25) is 5.02 Å². The lowest BCUT2D eigenvalue weighted by atomic mass is 9.81. The topological polar surface area (TPSA) is 104 Å². The first-order valence-electron chi connectivity index (χ1n) is 6.55. The zero-order valence-electron chi connectivity index (χ0n) is 11.3. The molecule has 7 nitrogen and oxygen atoms in total. The predicted molar refractivity (Wildman–Crippen MR) is 76.8 cm³/mol. The van der Waals surface area contributed by atoms with Crippen LogP contribution >= 0.6 is 11.6 Å². The molecule has 0 aromatic heterocycles. The highest BCUT2D eigenvalue weighted by atomic mass is 35.5. The van der Waals surface area contributed by atoms with Gasteiger partial charge in [0.1, 0.15) is 10.3 Å². The first-order valence-corrected chi connectivity index (χ1v) is 8.36. The van der Waals surface area contributed by atoms with E-state index in [2.05, 4.69) is 5.32 Å². The van der Waals surface area contributed by atoms with Gasteiger partial charge < -0.3 is 10.4 Å². The summed E-state index contributed by atoms with van der Waals surface area (Å²) in [4.78, 5) is 23.3. The van der Waals surface area contributed by atoms with Crippen molar-refractivity contribution in [2.24, 2.45) is 11.3 Å². The van der Waals surface area contributed by atoms with Gasteiger partial charge in [0.2, 0.25) is 15.9 Å². The highest BCUT2D eigenvalue weighted by Crippen LogP contribution is 2.42. The summed E-state index contributed by atoms with van der Waals surface area (Å²) in [6.45, 7) is -0.481. The number of carbonyl (C=O) groups excluding carboxylic acids is 1. The lowest BCUT2D eigenvalue weighted by Gasteiger charge is -2.22. The first-order chi connectivity index (χ1) is 10.3. The molecule has 2 saturated heterocycles. The normalized spacial score (nSPS) is 28.4. The molecule has 9 heteroatoms. The summed E-state index contributed by atoms with van der Waals surface area (Å²) in [5.74, 6) is -2.49. The van der Waals surface area contributed by atoms with Crippen LogP contribution in [0.15, 0.2) is 29.2 Å². The number of benzene rings is 1. The molecule has 0 bridgehead atoms. The Kier molecular flexibility index (Phi) is 3.42. The third-order valence-corrected chi connectivity index (χ3v) is 6.60. The Hall–Kier alpha value is -1.64. The summed E-state index contributed by atoms with van der Waals surface area (Å²) in [6.07, 6.45) is 0. The summed E-state index contributed by atoms with van der Waals surface area (Å²) in [6, 6.07) is 5.95. The van der Waals surface area contributed by atoms with Crippen molar-refractivity contribution in [1.29, 1.82) is 0 Å². The monoisotopic (exact) mass is 344 g/mol. The number of rotatable bonds is 3. The largest absolute Gasteiger partial charge is 0.481 e. The zero-order valence-corrected chi connectivity index (χ0v) is 12.9. The second-order valence-electron chi connectivity index (χ2n) is 5.46. The minimum Gasteiger partial charge on any atom is -0.481 e. The van der Waals surface area contributed by atoms with E-state index in [-0.39, 0.29) is 29.6 Å². The molecule has 0 unspecified atom stereocenters. The minimum absolute atomic E-state index is 0.0633. The van der Waals surface area contributed by atoms with Crippen LogP contribution in [-0.4, -0.2) is 49.3 Å². The molecule has 0 saturated carbocycles. The molecular weight excluding hydrogens is 332 g/mol. The number of nitrogens with zero attached hydrogens (tertiary/aromatic N) is 1. The van der Waals surface area contributed by atoms with Gasteiger partial charge in [0.05, 0.1) is 10.9 Å². The molecule has 2 fully saturated rings. The maximum atomic E-state index is 12.7. The lowest BCUT2D eigenvalue weighted by molar-refractivity contribution is -0.149. The Morgan fingerprint density at radius 3 is 2.68 bits per heavy atom. The number of carboxylic acids is 1. The smallest absolute Gasteiger partial charge is 0.313 e. The maximum absolute atomic E-state index is 12.7. The SMILES string of the molecule is O=C1NC[C@@]2(C(=O)O)CN(S(=O)(=O)c3ccccc3Cl)C[C@@H]12. The Labute approximate surface area is 131 Å². The van der Waals surface area contributed by atoms with Crippen molar-refractivity contribution >= 4 is 33.5 Å². The molecular formula is C13H13ClN2O5S. The van der Waals surface area contributed by atoms with E-state index >= 15 is 0 Å². The van der Waals surface area contributed by atoms with Crippen molar-refractivity contribution in [3.63, 3.8) is 0 Å². The predicted octanol–water partition coefficient (Wildman–Crippen LogP) is 0.161. The van der Waals surface area contributed by atoms with E-state index in [1.54, 1.807) is 6.07 Å². The lowest BCUT2D eigenvalue weighted by Crippen LogP contribution is -2.41. The van der Waals surface area contributed by atoms with Crippen molar-refractivity contribution in [2.45, 2.75) is 4.90 Å². The van der Waals surface area contributed by atoms with E-state index in [9.17, 15) is 23.1 Å². The zero-order chi connectivity index (χ0) is 16.1. The van der Waals surface area contributed by atoms with Gasteiger partial charge in [0, 0.05) is 19.6 Å². The first kappa shape index (κ1) is 15.3. The molecule has 2 N–H and O–H groups in total. The summed E-state index contributed by atoms with van der Waals surface area (Å²) >= 11 is 5.93. The maximum Gasteiger partial charge on any atom is 0.313 e. The van der Waals surface area contributed by atoms with Gasteiger partial charge in [-0.15, -0.1) is 0 Å². The average molecular weight is 345 g/mol. The van der Waals surface area contributed by atoms with Gasteiger partial charge in [0.25, 0.3) is 0 Å². The van der Waals surface area contributed by atoms with Crippen molar-refractivity contribution in [2.75, 3.05) is 19.6 Å². The molecule has 1 aromatic rings. The summed E-state index contributed by atoms with van der Waals surface area (Å²) < 4.78 is 26.4. The van der Waals surface area contributed by atoms with Crippen LogP contribution in [-0.2, 0) is 19.6 Å². The number of amides is 1. The Bertz CT molecular complexity index is 765. The van der Waals surface area contributed by atoms with Gasteiger partial charge in [-0.3, -0.25) is 9.59 Å². The van der Waals surface area contributed by atoms with Crippen molar-refractivity contribution in [3.05, 3.63) is 29.3 Å². The molecule has 0 spiro atoms. The highest BCUT2D eigenvalue weighted by molar-refractivity contribution is 7.89. The summed E-state index contributed by atoms with van der Waals surface area (Å²) in [7, 11) is -3.95. The van der Waals surface area contributed by atoms with Gasteiger partial charge in [-0.05, 0) is 12.1 Å². The molecule has 118 valence electrons. The van der Waals surface area contributed by atoms with Gasteiger partial charge in [-0.2, -0.15) is 4.31 Å². The number of nitrogens with one attached hydrogen (secondary N) is 1. The standard InChI is InChI=1S/C13H13ClN2O5S/c14-9-3-1-2-4-10(9)22(20,21)16-5-8-11(17)15-6-13(8,7-16)12(18)19/h1-4,8H,5-7H2,(H,15,17)(H,18,19)/t8-,13+/m0/s1. The molecule has 1 aromatic carbocycles. The van der Waals surface area contributed by atoms with E-state index < -0.39 is 33.2 Å². The fourth-order valence-electron chi connectivity index (χ4n) is 3.02. The van der Waals surface area contributed by atoms with E-state index in [4.69, 9.17) is 11.6 Å². The highest BCUT2D eigenvalue weighted by Gasteiger charge is 2.61. The third kappa shape index (κ3) is 2.02. The molecule has 2 atom stereocenters. The van der Waals surface area contributed by atoms with Gasteiger partial charge in [0.15, 0.2) is 0 Å². The average Bonchev–Trinajstić information content (AvgIpc) is 2.99. The molecule has 2 aliphatic heterocycles. The van der Waals surface area contributed by atoms with Crippen LogP contribution in [0.5, 0.6) is 0 Å². The number of aliphatic carboxylic acids is 1. The van der Waals surface area contributed by atoms with Crippen LogP contribution in [0.3, 0.4) is 0 Å². The number of sulfonamides is 1. The fourth-order valence-corrected chi connectivity index (χ4v) is 5.03. The number of carbonyl (C=O) groups is 2. The minimum atomic E-state index is -3.95. The molecule has 22 heavy (non-hydrogen) atoms. The Morgan fingerprint density at radius 1 is 1.41 bits per heavy atom. The van der Waals surface area contributed by atoms with Crippen LogP contribution < -0.4 is 5.32 Å². The van der Waals surface area contributed by atoms with Gasteiger partial charge in [-0.25, -0.2) is 8.42 Å². The Morgan fingerprint density at radius 2 is 2.09 bits per heavy atom. The Balaban J connectivity index is 2.00. The number of halogens is 1. The van der Waals surface area contributed by atoms with E-state index in [0.717, 1.165) is 4.31 Å². The summed E-state index contributed by atoms with van der Waals surface area (Å²) in [5.41, 5.74) is -1.41. The van der Waals surface area contributed by atoms with Crippen LogP contribution in [0.25, 0.3) is 0 Å². The summed E-state index contributed by atoms with van der Waals surface area (Å²) in [5, 5.41) is 12.0. The second-order valence-corrected chi connectivity index (χ2v) is 7.77. The van der Waals surface area contributed by atoms with Gasteiger partial charge >= 0.3 is 5.97 Å². The molecule has 2 heterocycles. The molecule has 3 rings (SSSR count). The van der Waals surface area contributed by atoms with Crippen molar-refractivity contribution < 1.29 is 23.1 Å². The van der Waals surface area contributed by atoms with Crippen molar-refractivity contribution in [3.8, 4) is 0 Å². The number of carboxylic acid groups (broad SMARTS) is 1. The molecule has 2 aliphatic rings. The second kappa shape index (κ2) is 4.94. The number of fused-ring (bicyclic) bond motifs is 1. The number of hydrogen-bond donors (Lipinski definition) is 2. The van der Waals surface area contributed by atoms with E-state index in [1.165, 1.54) is 18.2 Å². The molecule has 1 amide bonds. The fraction of sp³-hybridized carbons (Fsp3) is 0.385. The van der Waals surface area contributed by atoms with Crippen molar-refractivity contribution in [1.82, 2.24) is 9.62 Å². The molecule has 0 radical (unpaired) electrons. The van der Waals surface area contributed by atoms with E-state index in [1.807, 2.05) is 0 Å². The van der Waals surface area contributed by atoms with Crippen LogP contribution in [0, 0.1) is 11.3 Å². The van der Waals surface area contributed by atoms with Crippen LogP contribution in [0.1, 0.15) is 0 Å². The van der Waals surface area contributed by atoms with E-state index in [0.29, 0.717) is 0 Å². The quantitative estimate of drug-likeness (QED) is 0.813. The van der Waals surface area contributed by atoms with Gasteiger partial charge in [-0.1, -0.05) is 23.7 Å².